The molecule has 3 rings (SSSR count). The van der Waals surface area contributed by atoms with E-state index in [0.717, 1.165) is 19.6 Å². The van der Waals surface area contributed by atoms with Gasteiger partial charge in [0.2, 0.25) is 0 Å². The van der Waals surface area contributed by atoms with Gasteiger partial charge in [-0.15, -0.1) is 0 Å². The molecule has 0 saturated carbocycles. The molecule has 1 saturated heterocycles. The van der Waals surface area contributed by atoms with Crippen LogP contribution >= 0.6 is 0 Å². The van der Waals surface area contributed by atoms with E-state index in [-0.39, 0.29) is 11.7 Å². The Bertz CT molecular complexity index is 754. The van der Waals surface area contributed by atoms with Crippen molar-refractivity contribution >= 4 is 12.0 Å². The van der Waals surface area contributed by atoms with Crippen LogP contribution < -0.4 is 4.74 Å². The largest absolute Gasteiger partial charge is 0.481 e. The third-order valence-corrected chi connectivity index (χ3v) is 4.63. The van der Waals surface area contributed by atoms with Gasteiger partial charge in [0, 0.05) is 32.7 Å². The van der Waals surface area contributed by atoms with Gasteiger partial charge in [0.05, 0.1) is 0 Å². The monoisotopic (exact) mass is 368 g/mol. The van der Waals surface area contributed by atoms with E-state index >= 15 is 0 Å². The molecule has 2 aromatic rings. The molecule has 0 N–H and O–H groups in total. The lowest BCUT2D eigenvalue weighted by molar-refractivity contribution is -0.139. The SMILES string of the molecule is C[C@@H](Oc1ccc(F)cc1)C(=O)N1CCN(C/C=C/c2ccccc2)CC1. The van der Waals surface area contributed by atoms with E-state index in [4.69, 9.17) is 4.74 Å². The predicted molar refractivity (Wildman–Crippen MR) is 105 cm³/mol. The number of hydrogen-bond donors (Lipinski definition) is 0. The number of nitrogens with zero attached hydrogens (tertiary/aromatic N) is 2. The maximum absolute atomic E-state index is 13.0. The smallest absolute Gasteiger partial charge is 0.263 e. The second kappa shape index (κ2) is 9.33. The summed E-state index contributed by atoms with van der Waals surface area (Å²) in [5.74, 6) is 0.152. The normalized spacial score (nSPS) is 16.4. The highest BCUT2D eigenvalue weighted by Gasteiger charge is 2.25. The van der Waals surface area contributed by atoms with E-state index in [0.29, 0.717) is 18.8 Å². The molecule has 5 heteroatoms. The third kappa shape index (κ3) is 5.66. The Morgan fingerprint density at radius 2 is 1.74 bits per heavy atom. The molecule has 142 valence electrons. The van der Waals surface area contributed by atoms with Crippen molar-refractivity contribution in [1.82, 2.24) is 9.80 Å². The fourth-order valence-corrected chi connectivity index (χ4v) is 3.08. The molecule has 0 aromatic heterocycles. The molecule has 1 fully saturated rings. The number of ether oxygens (including phenoxy) is 1. The first-order valence-corrected chi connectivity index (χ1v) is 9.27. The molecule has 1 amide bonds. The highest BCUT2D eigenvalue weighted by molar-refractivity contribution is 5.81. The van der Waals surface area contributed by atoms with Gasteiger partial charge in [-0.3, -0.25) is 9.69 Å². The van der Waals surface area contributed by atoms with Crippen molar-refractivity contribution in [2.24, 2.45) is 0 Å². The molecule has 1 aliphatic heterocycles. The van der Waals surface area contributed by atoms with Crippen LogP contribution in [0.1, 0.15) is 12.5 Å². The molecule has 1 heterocycles. The molecule has 1 atom stereocenters. The fraction of sp³-hybridized carbons (Fsp3) is 0.318. The number of hydrogen-bond acceptors (Lipinski definition) is 3. The molecule has 0 bridgehead atoms. The van der Waals surface area contributed by atoms with Gasteiger partial charge in [0.15, 0.2) is 6.10 Å². The summed E-state index contributed by atoms with van der Waals surface area (Å²) in [6.45, 7) is 5.67. The van der Waals surface area contributed by atoms with Crippen LogP contribution in [0.2, 0.25) is 0 Å². The average molecular weight is 368 g/mol. The summed E-state index contributed by atoms with van der Waals surface area (Å²) in [7, 11) is 0. The van der Waals surface area contributed by atoms with Gasteiger partial charge in [0.25, 0.3) is 5.91 Å². The van der Waals surface area contributed by atoms with Crippen LogP contribution in [0.25, 0.3) is 6.08 Å². The summed E-state index contributed by atoms with van der Waals surface area (Å²) >= 11 is 0. The van der Waals surface area contributed by atoms with E-state index in [9.17, 15) is 9.18 Å². The predicted octanol–water partition coefficient (Wildman–Crippen LogP) is 3.45. The average Bonchev–Trinajstić information content (AvgIpc) is 2.70. The topological polar surface area (TPSA) is 32.8 Å². The van der Waals surface area contributed by atoms with Gasteiger partial charge in [-0.25, -0.2) is 4.39 Å². The Kier molecular flexibility index (Phi) is 6.60. The zero-order valence-corrected chi connectivity index (χ0v) is 15.6. The van der Waals surface area contributed by atoms with E-state index in [2.05, 4.69) is 29.2 Å². The lowest BCUT2D eigenvalue weighted by Crippen LogP contribution is -2.51. The maximum atomic E-state index is 13.0. The highest BCUT2D eigenvalue weighted by atomic mass is 19.1. The molecular weight excluding hydrogens is 343 g/mol. The molecule has 0 aliphatic carbocycles. The van der Waals surface area contributed by atoms with Crippen molar-refractivity contribution in [2.75, 3.05) is 32.7 Å². The zero-order chi connectivity index (χ0) is 19.1. The summed E-state index contributed by atoms with van der Waals surface area (Å²) in [5.41, 5.74) is 1.19. The molecule has 2 aromatic carbocycles. The van der Waals surface area contributed by atoms with Crippen molar-refractivity contribution < 1.29 is 13.9 Å². The zero-order valence-electron chi connectivity index (χ0n) is 15.6. The van der Waals surface area contributed by atoms with E-state index in [1.54, 1.807) is 6.92 Å². The van der Waals surface area contributed by atoms with Gasteiger partial charge in [0.1, 0.15) is 11.6 Å². The number of carbonyl (C=O) groups is 1. The lowest BCUT2D eigenvalue weighted by atomic mass is 10.2. The Labute approximate surface area is 159 Å². The second-order valence-electron chi connectivity index (χ2n) is 6.65. The van der Waals surface area contributed by atoms with Crippen LogP contribution in [-0.2, 0) is 4.79 Å². The van der Waals surface area contributed by atoms with Gasteiger partial charge in [-0.1, -0.05) is 42.5 Å². The van der Waals surface area contributed by atoms with Crippen molar-refractivity contribution in [3.8, 4) is 5.75 Å². The molecule has 0 radical (unpaired) electrons. The number of piperazine rings is 1. The summed E-state index contributed by atoms with van der Waals surface area (Å²) in [5, 5.41) is 0. The molecule has 1 aliphatic rings. The highest BCUT2D eigenvalue weighted by Crippen LogP contribution is 2.15. The van der Waals surface area contributed by atoms with E-state index < -0.39 is 6.10 Å². The minimum Gasteiger partial charge on any atom is -0.481 e. The Morgan fingerprint density at radius 1 is 1.07 bits per heavy atom. The molecule has 0 spiro atoms. The molecule has 0 unspecified atom stereocenters. The Balaban J connectivity index is 1.43. The third-order valence-electron chi connectivity index (χ3n) is 4.63. The van der Waals surface area contributed by atoms with Crippen molar-refractivity contribution in [1.29, 1.82) is 0 Å². The first-order valence-electron chi connectivity index (χ1n) is 9.27. The number of amides is 1. The minimum absolute atomic E-state index is 0.0289. The van der Waals surface area contributed by atoms with Gasteiger partial charge < -0.3 is 9.64 Å². The van der Waals surface area contributed by atoms with Crippen LogP contribution in [0.5, 0.6) is 5.75 Å². The van der Waals surface area contributed by atoms with Crippen molar-refractivity contribution in [2.45, 2.75) is 13.0 Å². The summed E-state index contributed by atoms with van der Waals surface area (Å²) < 4.78 is 18.6. The van der Waals surface area contributed by atoms with Crippen LogP contribution in [0.4, 0.5) is 4.39 Å². The fourth-order valence-electron chi connectivity index (χ4n) is 3.08. The van der Waals surface area contributed by atoms with Gasteiger partial charge in [-0.2, -0.15) is 0 Å². The summed E-state index contributed by atoms with van der Waals surface area (Å²) in [6, 6.07) is 16.0. The molecular formula is C22H25FN2O2. The van der Waals surface area contributed by atoms with Crippen LogP contribution in [-0.4, -0.2) is 54.5 Å². The Hall–Kier alpha value is -2.66. The number of carbonyl (C=O) groups excluding carboxylic acids is 1. The second-order valence-corrected chi connectivity index (χ2v) is 6.65. The first-order chi connectivity index (χ1) is 13.1. The van der Waals surface area contributed by atoms with Gasteiger partial charge >= 0.3 is 0 Å². The van der Waals surface area contributed by atoms with Crippen molar-refractivity contribution in [3.63, 3.8) is 0 Å². The minimum atomic E-state index is -0.583. The van der Waals surface area contributed by atoms with Crippen LogP contribution in [0, 0.1) is 5.82 Å². The lowest BCUT2D eigenvalue weighted by Gasteiger charge is -2.35. The van der Waals surface area contributed by atoms with E-state index in [1.165, 1.54) is 29.8 Å². The number of rotatable bonds is 6. The van der Waals surface area contributed by atoms with E-state index in [1.807, 2.05) is 23.1 Å². The Morgan fingerprint density at radius 3 is 2.41 bits per heavy atom. The standard InChI is InChI=1S/C22H25FN2O2/c1-18(27-21-11-9-20(23)10-12-21)22(26)25-16-14-24(15-17-25)13-5-8-19-6-3-2-4-7-19/h2-12,18H,13-17H2,1H3/b8-5+/t18-/m1/s1. The summed E-state index contributed by atoms with van der Waals surface area (Å²) in [6.07, 6.45) is 3.70. The summed E-state index contributed by atoms with van der Waals surface area (Å²) in [4.78, 5) is 16.7. The number of benzene rings is 2. The number of halogens is 1. The van der Waals surface area contributed by atoms with Crippen LogP contribution in [0.15, 0.2) is 60.7 Å². The quantitative estimate of drug-likeness (QED) is 0.783. The molecule has 4 nitrogen and oxygen atoms in total. The maximum Gasteiger partial charge on any atom is 0.263 e. The first kappa shape index (κ1) is 19.1. The van der Waals surface area contributed by atoms with Crippen molar-refractivity contribution in [3.05, 3.63) is 72.1 Å². The molecule has 27 heavy (non-hydrogen) atoms. The van der Waals surface area contributed by atoms with Crippen LogP contribution in [0.3, 0.4) is 0 Å². The van der Waals surface area contributed by atoms with Gasteiger partial charge in [-0.05, 0) is 36.8 Å².